The number of para-hydroxylation sites is 1. The highest BCUT2D eigenvalue weighted by Gasteiger charge is 2.20. The monoisotopic (exact) mass is 447 g/mol. The van der Waals surface area contributed by atoms with Crippen molar-refractivity contribution in [1.82, 2.24) is 14.8 Å². The molecule has 2 aromatic rings. The zero-order valence-corrected chi connectivity index (χ0v) is 18.9. The topological polar surface area (TPSA) is 64.2 Å². The van der Waals surface area contributed by atoms with Gasteiger partial charge >= 0.3 is 0 Å². The summed E-state index contributed by atoms with van der Waals surface area (Å²) in [7, 11) is 0. The van der Waals surface area contributed by atoms with E-state index in [2.05, 4.69) is 41.7 Å². The van der Waals surface area contributed by atoms with E-state index in [1.54, 1.807) is 11.3 Å². The largest absolute Gasteiger partial charge is 0.370 e. The van der Waals surface area contributed by atoms with Crippen LogP contribution in [-0.4, -0.2) is 86.2 Å². The minimum absolute atomic E-state index is 0.678. The van der Waals surface area contributed by atoms with E-state index in [1.165, 1.54) is 0 Å². The lowest BCUT2D eigenvalue weighted by atomic mass is 10.2. The number of benzene rings is 1. The molecule has 1 aromatic heterocycles. The molecular weight excluding hydrogens is 418 g/mol. The van der Waals surface area contributed by atoms with Gasteiger partial charge in [-0.2, -0.15) is 0 Å². The van der Waals surface area contributed by atoms with Crippen LogP contribution in [0, 0.1) is 0 Å². The van der Waals surface area contributed by atoms with Crippen LogP contribution in [-0.2, 0) is 0 Å². The molecule has 2 aliphatic rings. The Hall–Kier alpha value is -2.03. The van der Waals surface area contributed by atoms with E-state index in [0.717, 1.165) is 87.7 Å². The third-order valence-electron chi connectivity index (χ3n) is 5.77. The third-order valence-corrected chi connectivity index (χ3v) is 6.92. The number of anilines is 2. The van der Waals surface area contributed by atoms with Crippen LogP contribution < -0.4 is 15.5 Å². The van der Waals surface area contributed by atoms with Gasteiger partial charge in [-0.1, -0.05) is 23.7 Å². The van der Waals surface area contributed by atoms with Crippen molar-refractivity contribution in [1.29, 1.82) is 0 Å². The zero-order valence-electron chi connectivity index (χ0n) is 17.3. The highest BCUT2D eigenvalue weighted by atomic mass is 35.5. The summed E-state index contributed by atoms with van der Waals surface area (Å²) in [4.78, 5) is 18.4. The van der Waals surface area contributed by atoms with Crippen LogP contribution in [0.5, 0.6) is 0 Å². The number of nitrogens with zero attached hydrogens (tertiary/aromatic N) is 6. The number of nitrogens with two attached hydrogens (primary N) is 1. The molecule has 0 radical (unpaired) electrons. The fourth-order valence-electron chi connectivity index (χ4n) is 4.01. The Balaban J connectivity index is 1.14. The molecule has 7 nitrogen and oxygen atoms in total. The Morgan fingerprint density at radius 1 is 1.03 bits per heavy atom. The molecule has 0 bridgehead atoms. The van der Waals surface area contributed by atoms with Crippen molar-refractivity contribution < 1.29 is 0 Å². The molecule has 2 saturated heterocycles. The molecule has 0 amide bonds. The molecule has 4 rings (SSSR count). The fraction of sp³-hybridized carbons (Fsp3) is 0.524. The van der Waals surface area contributed by atoms with Gasteiger partial charge in [0.15, 0.2) is 11.1 Å². The van der Waals surface area contributed by atoms with Gasteiger partial charge in [0, 0.05) is 77.0 Å². The standard InChI is InChI=1S/C21H30ClN7S/c22-18-4-1-2-5-19(18)27-11-9-26(10-12-27)8-3-6-24-20(23)28-13-15-29(16-14-28)21-25-7-17-30-21/h1-2,4-5,7,17H,3,6,8-16H2,(H2,23,24). The average molecular weight is 448 g/mol. The summed E-state index contributed by atoms with van der Waals surface area (Å²) < 4.78 is 0. The SMILES string of the molecule is NC(=NCCCN1CCN(c2ccccc2Cl)CC1)N1CCN(c2nccs2)CC1. The summed E-state index contributed by atoms with van der Waals surface area (Å²) in [6, 6.07) is 8.10. The fourth-order valence-corrected chi connectivity index (χ4v) is 4.96. The van der Waals surface area contributed by atoms with Crippen molar-refractivity contribution in [3.8, 4) is 0 Å². The van der Waals surface area contributed by atoms with E-state index in [1.807, 2.05) is 23.7 Å². The van der Waals surface area contributed by atoms with Crippen LogP contribution in [0.4, 0.5) is 10.8 Å². The Kier molecular flexibility index (Phi) is 7.30. The number of guanidine groups is 1. The van der Waals surface area contributed by atoms with Crippen LogP contribution in [0.2, 0.25) is 5.02 Å². The quantitative estimate of drug-likeness (QED) is 0.417. The van der Waals surface area contributed by atoms with Gasteiger partial charge in [0.1, 0.15) is 0 Å². The number of rotatable bonds is 6. The molecule has 0 saturated carbocycles. The summed E-state index contributed by atoms with van der Waals surface area (Å²) in [6.45, 7) is 9.67. The van der Waals surface area contributed by atoms with Crippen LogP contribution in [0.15, 0.2) is 40.8 Å². The first kappa shape index (κ1) is 21.2. The predicted molar refractivity (Wildman–Crippen MR) is 127 cm³/mol. The summed E-state index contributed by atoms with van der Waals surface area (Å²) >= 11 is 8.02. The van der Waals surface area contributed by atoms with Crippen LogP contribution >= 0.6 is 22.9 Å². The number of thiazole rings is 1. The van der Waals surface area contributed by atoms with Gasteiger partial charge in [-0.25, -0.2) is 4.98 Å². The van der Waals surface area contributed by atoms with Gasteiger partial charge in [-0.05, 0) is 18.6 Å². The first-order chi connectivity index (χ1) is 14.7. The molecule has 0 aliphatic carbocycles. The molecule has 1 aromatic carbocycles. The van der Waals surface area contributed by atoms with Crippen molar-refractivity contribution in [2.45, 2.75) is 6.42 Å². The first-order valence-corrected chi connectivity index (χ1v) is 11.9. The highest BCUT2D eigenvalue weighted by molar-refractivity contribution is 7.13. The van der Waals surface area contributed by atoms with Gasteiger partial charge in [0.25, 0.3) is 0 Å². The molecule has 2 N–H and O–H groups in total. The number of aliphatic imine (C=N–C) groups is 1. The molecule has 3 heterocycles. The van der Waals surface area contributed by atoms with Gasteiger partial charge in [-0.15, -0.1) is 11.3 Å². The summed E-state index contributed by atoms with van der Waals surface area (Å²) in [5, 5.41) is 3.96. The van der Waals surface area contributed by atoms with Crippen molar-refractivity contribution in [3.63, 3.8) is 0 Å². The number of halogens is 1. The van der Waals surface area contributed by atoms with Gasteiger partial charge in [-0.3, -0.25) is 9.89 Å². The second-order valence-electron chi connectivity index (χ2n) is 7.66. The van der Waals surface area contributed by atoms with Crippen LogP contribution in [0.1, 0.15) is 6.42 Å². The normalized spacial score (nSPS) is 18.8. The molecule has 0 spiro atoms. The maximum absolute atomic E-state index is 6.33. The lowest BCUT2D eigenvalue weighted by Crippen LogP contribution is -2.51. The van der Waals surface area contributed by atoms with E-state index in [4.69, 9.17) is 17.3 Å². The first-order valence-electron chi connectivity index (χ1n) is 10.6. The van der Waals surface area contributed by atoms with Crippen molar-refractivity contribution in [2.75, 3.05) is 75.2 Å². The van der Waals surface area contributed by atoms with Gasteiger partial charge in [0.05, 0.1) is 10.7 Å². The lowest BCUT2D eigenvalue weighted by molar-refractivity contribution is 0.256. The van der Waals surface area contributed by atoms with Crippen LogP contribution in [0.25, 0.3) is 0 Å². The zero-order chi connectivity index (χ0) is 20.8. The molecule has 162 valence electrons. The van der Waals surface area contributed by atoms with E-state index in [9.17, 15) is 0 Å². The average Bonchev–Trinajstić information content (AvgIpc) is 3.33. The summed E-state index contributed by atoms with van der Waals surface area (Å²) in [6.07, 6.45) is 2.89. The van der Waals surface area contributed by atoms with Crippen molar-refractivity contribution in [2.24, 2.45) is 10.7 Å². The molecule has 0 atom stereocenters. The van der Waals surface area contributed by atoms with E-state index in [0.29, 0.717) is 5.96 Å². The lowest BCUT2D eigenvalue weighted by Gasteiger charge is -2.36. The highest BCUT2D eigenvalue weighted by Crippen LogP contribution is 2.26. The number of hydrogen-bond donors (Lipinski definition) is 1. The minimum Gasteiger partial charge on any atom is -0.370 e. The second-order valence-corrected chi connectivity index (χ2v) is 8.94. The summed E-state index contributed by atoms with van der Waals surface area (Å²) in [5.74, 6) is 0.678. The van der Waals surface area contributed by atoms with Crippen LogP contribution in [0.3, 0.4) is 0 Å². The molecule has 2 fully saturated rings. The molecule has 30 heavy (non-hydrogen) atoms. The minimum atomic E-state index is 0.678. The Morgan fingerprint density at radius 2 is 1.77 bits per heavy atom. The number of hydrogen-bond acceptors (Lipinski definition) is 6. The summed E-state index contributed by atoms with van der Waals surface area (Å²) in [5.41, 5.74) is 7.38. The third kappa shape index (κ3) is 5.36. The van der Waals surface area contributed by atoms with Gasteiger partial charge in [0.2, 0.25) is 0 Å². The maximum Gasteiger partial charge on any atom is 0.191 e. The predicted octanol–water partition coefficient (Wildman–Crippen LogP) is 2.45. The molecular formula is C21H30ClN7S. The van der Waals surface area contributed by atoms with Crippen molar-refractivity contribution in [3.05, 3.63) is 40.9 Å². The molecule has 2 aliphatic heterocycles. The Labute approximate surface area is 187 Å². The van der Waals surface area contributed by atoms with E-state index < -0.39 is 0 Å². The molecule has 0 unspecified atom stereocenters. The molecule has 9 heteroatoms. The second kappa shape index (κ2) is 10.3. The number of piperazine rings is 2. The maximum atomic E-state index is 6.33. The Bertz CT molecular complexity index is 813. The smallest absolute Gasteiger partial charge is 0.191 e. The van der Waals surface area contributed by atoms with E-state index in [-0.39, 0.29) is 0 Å². The van der Waals surface area contributed by atoms with Gasteiger partial charge < -0.3 is 20.4 Å². The van der Waals surface area contributed by atoms with Crippen molar-refractivity contribution >= 4 is 39.7 Å². The van der Waals surface area contributed by atoms with E-state index >= 15 is 0 Å². The number of aromatic nitrogens is 1. The Morgan fingerprint density at radius 3 is 2.47 bits per heavy atom.